The maximum atomic E-state index is 5.93. The number of nitrogens with two attached hydrogens (primary N) is 1. The molecule has 0 spiro atoms. The number of rotatable bonds is 4. The van der Waals surface area contributed by atoms with E-state index in [2.05, 4.69) is 17.9 Å². The third-order valence-corrected chi connectivity index (χ3v) is 4.59. The zero-order valence-electron chi connectivity index (χ0n) is 12.4. The fraction of sp³-hybridized carbons (Fsp3) is 0.412. The first kappa shape index (κ1) is 14.3. The third-order valence-electron chi connectivity index (χ3n) is 4.37. The largest absolute Gasteiger partial charge is 0.389 e. The molecule has 0 unspecified atom stereocenters. The number of para-hydroxylation sites is 1. The van der Waals surface area contributed by atoms with E-state index in [4.69, 9.17) is 22.9 Å². The average molecular weight is 299 g/mol. The Balaban J connectivity index is 2.11. The van der Waals surface area contributed by atoms with Gasteiger partial charge in [-0.05, 0) is 31.9 Å². The Morgan fingerprint density at radius 3 is 2.71 bits per heavy atom. The van der Waals surface area contributed by atoms with Crippen molar-refractivity contribution < 1.29 is 0 Å². The summed E-state index contributed by atoms with van der Waals surface area (Å²) in [6, 6.07) is 10.7. The molecule has 1 aromatic carbocycles. The van der Waals surface area contributed by atoms with Crippen LogP contribution >= 0.6 is 12.2 Å². The van der Waals surface area contributed by atoms with Crippen LogP contribution in [-0.2, 0) is 0 Å². The summed E-state index contributed by atoms with van der Waals surface area (Å²) >= 11 is 5.24. The predicted octanol–water partition coefficient (Wildman–Crippen LogP) is 3.64. The van der Waals surface area contributed by atoms with Gasteiger partial charge in [-0.15, -0.1) is 0 Å². The van der Waals surface area contributed by atoms with E-state index in [0.717, 1.165) is 28.8 Å². The van der Waals surface area contributed by atoms with Crippen LogP contribution in [0.3, 0.4) is 0 Å². The van der Waals surface area contributed by atoms with Gasteiger partial charge < -0.3 is 10.6 Å². The van der Waals surface area contributed by atoms with E-state index >= 15 is 0 Å². The zero-order chi connectivity index (χ0) is 14.8. The highest BCUT2D eigenvalue weighted by molar-refractivity contribution is 7.80. The van der Waals surface area contributed by atoms with Gasteiger partial charge >= 0.3 is 0 Å². The van der Waals surface area contributed by atoms with E-state index in [-0.39, 0.29) is 0 Å². The van der Waals surface area contributed by atoms with E-state index in [1.807, 2.05) is 24.3 Å². The molecule has 2 N–H and O–H groups in total. The summed E-state index contributed by atoms with van der Waals surface area (Å²) in [6.07, 6.45) is 5.14. The number of hydrogen-bond acceptors (Lipinski definition) is 3. The molecule has 3 rings (SSSR count). The summed E-state index contributed by atoms with van der Waals surface area (Å²) in [6.45, 7) is 3.16. The van der Waals surface area contributed by atoms with Crippen LogP contribution in [0.2, 0.25) is 0 Å². The minimum Gasteiger partial charge on any atom is -0.389 e. The van der Waals surface area contributed by atoms with Gasteiger partial charge in [0.05, 0.1) is 5.52 Å². The fourth-order valence-corrected chi connectivity index (χ4v) is 3.50. The molecular weight excluding hydrogens is 278 g/mol. The monoisotopic (exact) mass is 299 g/mol. The van der Waals surface area contributed by atoms with Crippen molar-refractivity contribution in [3.8, 4) is 0 Å². The normalized spacial score (nSPS) is 15.5. The van der Waals surface area contributed by atoms with Crippen LogP contribution < -0.4 is 10.6 Å². The predicted molar refractivity (Wildman–Crippen MR) is 92.9 cm³/mol. The molecular formula is C17H21N3S. The number of thiocarbonyl (C=S) groups is 1. The molecule has 1 saturated carbocycles. The van der Waals surface area contributed by atoms with Crippen LogP contribution in [0.1, 0.15) is 38.2 Å². The maximum absolute atomic E-state index is 5.93. The number of nitrogens with zero attached hydrogens (tertiary/aromatic N) is 2. The number of fused-ring (bicyclic) bond motifs is 1. The molecule has 1 fully saturated rings. The van der Waals surface area contributed by atoms with E-state index in [9.17, 15) is 0 Å². The second-order valence-corrected chi connectivity index (χ2v) is 6.07. The molecule has 4 heteroatoms. The van der Waals surface area contributed by atoms with Crippen LogP contribution in [0.4, 0.5) is 5.82 Å². The van der Waals surface area contributed by atoms with Gasteiger partial charge in [-0.1, -0.05) is 43.3 Å². The van der Waals surface area contributed by atoms with Gasteiger partial charge in [0.2, 0.25) is 0 Å². The Hall–Kier alpha value is -1.68. The van der Waals surface area contributed by atoms with Gasteiger partial charge in [-0.2, -0.15) is 0 Å². The first-order chi connectivity index (χ1) is 10.2. The lowest BCUT2D eigenvalue weighted by Crippen LogP contribution is -2.34. The smallest absolute Gasteiger partial charge is 0.130 e. The van der Waals surface area contributed by atoms with E-state index in [0.29, 0.717) is 11.0 Å². The lowest BCUT2D eigenvalue weighted by molar-refractivity contribution is 0.614. The van der Waals surface area contributed by atoms with E-state index in [1.54, 1.807) is 0 Å². The average Bonchev–Trinajstić information content (AvgIpc) is 3.01. The summed E-state index contributed by atoms with van der Waals surface area (Å²) < 4.78 is 0. The number of anilines is 1. The fourth-order valence-electron chi connectivity index (χ4n) is 3.34. The molecule has 1 aliphatic carbocycles. The zero-order valence-corrected chi connectivity index (χ0v) is 13.2. The molecule has 2 aromatic rings. The first-order valence-electron chi connectivity index (χ1n) is 7.67. The summed E-state index contributed by atoms with van der Waals surface area (Å²) in [5.41, 5.74) is 7.83. The summed E-state index contributed by atoms with van der Waals surface area (Å²) in [7, 11) is 0. The third kappa shape index (κ3) is 2.72. The quantitative estimate of drug-likeness (QED) is 0.875. The van der Waals surface area contributed by atoms with Gasteiger partial charge in [0, 0.05) is 23.5 Å². The molecule has 0 radical (unpaired) electrons. The van der Waals surface area contributed by atoms with Crippen LogP contribution in [0.5, 0.6) is 0 Å². The highest BCUT2D eigenvalue weighted by Gasteiger charge is 2.23. The highest BCUT2D eigenvalue weighted by atomic mass is 32.1. The minimum atomic E-state index is 0.442. The SMILES string of the molecule is CCN(c1cc(C(N)=S)c2ccccc2n1)C1CCCC1. The lowest BCUT2D eigenvalue weighted by Gasteiger charge is -2.29. The molecule has 0 amide bonds. The Labute approximate surface area is 131 Å². The van der Waals surface area contributed by atoms with Crippen molar-refractivity contribution in [3.05, 3.63) is 35.9 Å². The van der Waals surface area contributed by atoms with Gasteiger partial charge in [-0.25, -0.2) is 4.98 Å². The molecule has 0 atom stereocenters. The topological polar surface area (TPSA) is 42.1 Å². The highest BCUT2D eigenvalue weighted by Crippen LogP contribution is 2.29. The molecule has 3 nitrogen and oxygen atoms in total. The number of pyridine rings is 1. The van der Waals surface area contributed by atoms with Crippen LogP contribution in [0.15, 0.2) is 30.3 Å². The summed E-state index contributed by atoms with van der Waals surface area (Å²) in [5.74, 6) is 1.01. The van der Waals surface area contributed by atoms with Crippen molar-refractivity contribution in [1.29, 1.82) is 0 Å². The van der Waals surface area contributed by atoms with Crippen molar-refractivity contribution in [1.82, 2.24) is 4.98 Å². The van der Waals surface area contributed by atoms with Crippen molar-refractivity contribution in [3.63, 3.8) is 0 Å². The molecule has 1 aromatic heterocycles. The molecule has 0 saturated heterocycles. The molecule has 110 valence electrons. The van der Waals surface area contributed by atoms with Gasteiger partial charge in [0.15, 0.2) is 0 Å². The lowest BCUT2D eigenvalue weighted by atomic mass is 10.1. The Morgan fingerprint density at radius 1 is 1.33 bits per heavy atom. The minimum absolute atomic E-state index is 0.442. The Morgan fingerprint density at radius 2 is 2.05 bits per heavy atom. The second kappa shape index (κ2) is 5.98. The van der Waals surface area contributed by atoms with E-state index < -0.39 is 0 Å². The van der Waals surface area contributed by atoms with Gasteiger partial charge in [0.1, 0.15) is 10.8 Å². The van der Waals surface area contributed by atoms with Crippen LogP contribution in [0, 0.1) is 0 Å². The molecule has 1 heterocycles. The van der Waals surface area contributed by atoms with Crippen LogP contribution in [0.25, 0.3) is 10.9 Å². The van der Waals surface area contributed by atoms with Gasteiger partial charge in [-0.3, -0.25) is 0 Å². The standard InChI is InChI=1S/C17H21N3S/c1-2-20(12-7-3-4-8-12)16-11-14(17(18)21)13-9-5-6-10-15(13)19-16/h5-6,9-12H,2-4,7-8H2,1H3,(H2,18,21). The van der Waals surface area contributed by atoms with Crippen molar-refractivity contribution in [2.24, 2.45) is 5.73 Å². The number of benzene rings is 1. The van der Waals surface area contributed by atoms with Crippen molar-refractivity contribution in [2.45, 2.75) is 38.6 Å². The van der Waals surface area contributed by atoms with E-state index in [1.165, 1.54) is 25.7 Å². The molecule has 0 bridgehead atoms. The molecule has 1 aliphatic rings. The van der Waals surface area contributed by atoms with Crippen molar-refractivity contribution in [2.75, 3.05) is 11.4 Å². The summed E-state index contributed by atoms with van der Waals surface area (Å²) in [5, 5.41) is 1.04. The van der Waals surface area contributed by atoms with Crippen LogP contribution in [-0.4, -0.2) is 22.6 Å². The summed E-state index contributed by atoms with van der Waals surface area (Å²) in [4.78, 5) is 7.69. The second-order valence-electron chi connectivity index (χ2n) is 5.63. The first-order valence-corrected chi connectivity index (χ1v) is 8.07. The Kier molecular flexibility index (Phi) is 4.06. The maximum Gasteiger partial charge on any atom is 0.130 e. The number of aromatic nitrogens is 1. The van der Waals surface area contributed by atoms with Crippen molar-refractivity contribution >= 4 is 33.9 Å². The molecule has 21 heavy (non-hydrogen) atoms. The van der Waals surface area contributed by atoms with Gasteiger partial charge in [0.25, 0.3) is 0 Å². The molecule has 0 aliphatic heterocycles. The number of hydrogen-bond donors (Lipinski definition) is 1. The Bertz CT molecular complexity index is 662.